The van der Waals surface area contributed by atoms with Crippen LogP contribution in [0.4, 0.5) is 16.4 Å². The molecule has 0 saturated carbocycles. The van der Waals surface area contributed by atoms with Crippen LogP contribution in [0.5, 0.6) is 0 Å². The standard InChI is InChI=1S/C21H28ClN5O4S/c1-21(2,3)31-20(28)27-13-10-16(11-14-27)26(4)32(29,30)17-7-5-15(6-8-17)24-19-23-12-9-18(22)25-19/h5-9,12,16H,10-11,13-14H2,1-4H3,(H,23,24,25). The van der Waals surface area contributed by atoms with Crippen molar-refractivity contribution in [3.05, 3.63) is 41.7 Å². The zero-order valence-corrected chi connectivity index (χ0v) is 20.2. The lowest BCUT2D eigenvalue weighted by atomic mass is 10.1. The molecule has 1 aromatic heterocycles. The molecule has 1 aliphatic heterocycles. The maximum Gasteiger partial charge on any atom is 0.410 e. The summed E-state index contributed by atoms with van der Waals surface area (Å²) in [6.45, 7) is 6.35. The van der Waals surface area contributed by atoms with E-state index < -0.39 is 15.6 Å². The van der Waals surface area contributed by atoms with E-state index in [9.17, 15) is 13.2 Å². The summed E-state index contributed by atoms with van der Waals surface area (Å²) in [4.78, 5) is 22.2. The molecular weight excluding hydrogens is 454 g/mol. The number of carbonyl (C=O) groups excluding carboxylic acids is 1. The van der Waals surface area contributed by atoms with E-state index in [1.54, 1.807) is 30.1 Å². The van der Waals surface area contributed by atoms with Gasteiger partial charge >= 0.3 is 6.09 Å². The number of nitrogens with one attached hydrogen (secondary N) is 1. The van der Waals surface area contributed by atoms with Crippen LogP contribution in [0.1, 0.15) is 33.6 Å². The molecule has 174 valence electrons. The summed E-state index contributed by atoms with van der Waals surface area (Å²) in [7, 11) is -2.10. The van der Waals surface area contributed by atoms with Gasteiger partial charge in [0.05, 0.1) is 4.90 Å². The molecule has 1 saturated heterocycles. The Morgan fingerprint density at radius 3 is 2.38 bits per heavy atom. The third-order valence-corrected chi connectivity index (χ3v) is 7.17. The highest BCUT2D eigenvalue weighted by molar-refractivity contribution is 7.89. The molecule has 0 bridgehead atoms. The van der Waals surface area contributed by atoms with Crippen LogP contribution in [0.2, 0.25) is 5.15 Å². The molecule has 0 aliphatic carbocycles. The fourth-order valence-corrected chi connectivity index (χ4v) is 4.89. The van der Waals surface area contributed by atoms with Gasteiger partial charge in [0.15, 0.2) is 0 Å². The Bertz CT molecular complexity index is 1050. The minimum absolute atomic E-state index is 0.187. The van der Waals surface area contributed by atoms with E-state index >= 15 is 0 Å². The van der Waals surface area contributed by atoms with Crippen molar-refractivity contribution < 1.29 is 17.9 Å². The number of rotatable bonds is 5. The van der Waals surface area contributed by atoms with Crippen molar-refractivity contribution in [2.75, 3.05) is 25.5 Å². The van der Waals surface area contributed by atoms with Crippen LogP contribution in [0.3, 0.4) is 0 Å². The molecule has 3 rings (SSSR count). The highest BCUT2D eigenvalue weighted by atomic mass is 35.5. The van der Waals surface area contributed by atoms with Gasteiger partial charge in [-0.3, -0.25) is 0 Å². The number of ether oxygens (including phenoxy) is 1. The van der Waals surface area contributed by atoms with E-state index in [1.807, 2.05) is 20.8 Å². The van der Waals surface area contributed by atoms with Crippen molar-refractivity contribution in [1.82, 2.24) is 19.2 Å². The highest BCUT2D eigenvalue weighted by Gasteiger charge is 2.33. The average molecular weight is 482 g/mol. The lowest BCUT2D eigenvalue weighted by molar-refractivity contribution is 0.0183. The Balaban J connectivity index is 1.62. The van der Waals surface area contributed by atoms with Gasteiger partial charge in [0.2, 0.25) is 16.0 Å². The van der Waals surface area contributed by atoms with E-state index in [4.69, 9.17) is 16.3 Å². The minimum atomic E-state index is -3.68. The SMILES string of the molecule is CN(C1CCN(C(=O)OC(C)(C)C)CC1)S(=O)(=O)c1ccc(Nc2nccc(Cl)n2)cc1. The number of hydrogen-bond donors (Lipinski definition) is 1. The van der Waals surface area contributed by atoms with Crippen LogP contribution in [0.15, 0.2) is 41.4 Å². The van der Waals surface area contributed by atoms with Crippen LogP contribution < -0.4 is 5.32 Å². The molecule has 2 aromatic rings. The quantitative estimate of drug-likeness (QED) is 0.646. The Morgan fingerprint density at radius 2 is 1.81 bits per heavy atom. The number of hydrogen-bond acceptors (Lipinski definition) is 7. The second kappa shape index (κ2) is 9.60. The van der Waals surface area contributed by atoms with Gasteiger partial charge in [-0.2, -0.15) is 4.31 Å². The molecule has 11 heteroatoms. The van der Waals surface area contributed by atoms with Crippen LogP contribution in [-0.4, -0.2) is 65.5 Å². The van der Waals surface area contributed by atoms with Gasteiger partial charge in [0.25, 0.3) is 0 Å². The van der Waals surface area contributed by atoms with E-state index in [2.05, 4.69) is 15.3 Å². The Hall–Kier alpha value is -2.43. The lowest BCUT2D eigenvalue weighted by Gasteiger charge is -2.36. The van der Waals surface area contributed by atoms with Gasteiger partial charge < -0.3 is 15.0 Å². The number of amides is 1. The molecule has 9 nitrogen and oxygen atoms in total. The predicted molar refractivity (Wildman–Crippen MR) is 123 cm³/mol. The topological polar surface area (TPSA) is 105 Å². The number of nitrogens with zero attached hydrogens (tertiary/aromatic N) is 4. The van der Waals surface area contributed by atoms with Crippen molar-refractivity contribution in [3.8, 4) is 0 Å². The molecule has 32 heavy (non-hydrogen) atoms. The lowest BCUT2D eigenvalue weighted by Crippen LogP contribution is -2.48. The first-order chi connectivity index (χ1) is 15.0. The minimum Gasteiger partial charge on any atom is -0.444 e. The third-order valence-electron chi connectivity index (χ3n) is 5.04. The van der Waals surface area contributed by atoms with Crippen molar-refractivity contribution in [2.45, 2.75) is 50.2 Å². The van der Waals surface area contributed by atoms with E-state index in [-0.39, 0.29) is 17.0 Å². The molecule has 2 heterocycles. The summed E-state index contributed by atoms with van der Waals surface area (Å²) in [5.74, 6) is 0.321. The average Bonchev–Trinajstić information content (AvgIpc) is 2.72. The molecule has 1 aliphatic rings. The number of aromatic nitrogens is 2. The zero-order valence-electron chi connectivity index (χ0n) is 18.6. The molecule has 0 radical (unpaired) electrons. The first-order valence-electron chi connectivity index (χ1n) is 10.3. The van der Waals surface area contributed by atoms with Gasteiger partial charge in [-0.05, 0) is 63.9 Å². The summed E-state index contributed by atoms with van der Waals surface area (Å²) in [6, 6.07) is 7.74. The Morgan fingerprint density at radius 1 is 1.19 bits per heavy atom. The number of sulfonamides is 1. The van der Waals surface area contributed by atoms with Crippen molar-refractivity contribution in [3.63, 3.8) is 0 Å². The third kappa shape index (κ3) is 6.08. The fourth-order valence-electron chi connectivity index (χ4n) is 3.34. The molecular formula is C21H28ClN5O4S. The largest absolute Gasteiger partial charge is 0.444 e. The second-order valence-corrected chi connectivity index (χ2v) is 11.0. The number of benzene rings is 1. The highest BCUT2D eigenvalue weighted by Crippen LogP contribution is 2.25. The summed E-state index contributed by atoms with van der Waals surface area (Å²) in [5.41, 5.74) is 0.0769. The van der Waals surface area contributed by atoms with Crippen LogP contribution in [0, 0.1) is 0 Å². The molecule has 0 unspecified atom stereocenters. The smallest absolute Gasteiger partial charge is 0.410 e. The Labute approximate surface area is 193 Å². The Kier molecular flexibility index (Phi) is 7.26. The van der Waals surface area contributed by atoms with Gasteiger partial charge in [0.1, 0.15) is 10.8 Å². The number of carbonyl (C=O) groups is 1. The monoisotopic (exact) mass is 481 g/mol. The number of likely N-dealkylation sites (tertiary alicyclic amines) is 1. The maximum absolute atomic E-state index is 13.1. The predicted octanol–water partition coefficient (Wildman–Crippen LogP) is 3.89. The van der Waals surface area contributed by atoms with Gasteiger partial charge in [-0.25, -0.2) is 23.2 Å². The summed E-state index contributed by atoms with van der Waals surface area (Å²) >= 11 is 5.85. The van der Waals surface area contributed by atoms with Crippen molar-refractivity contribution in [2.24, 2.45) is 0 Å². The number of anilines is 2. The molecule has 1 N–H and O–H groups in total. The summed E-state index contributed by atoms with van der Waals surface area (Å²) in [5, 5.41) is 3.29. The first kappa shape index (κ1) is 24.2. The van der Waals surface area contributed by atoms with E-state index in [1.165, 1.54) is 22.6 Å². The van der Waals surface area contributed by atoms with Crippen molar-refractivity contribution >= 4 is 39.4 Å². The van der Waals surface area contributed by atoms with E-state index in [0.29, 0.717) is 42.7 Å². The number of piperidine rings is 1. The fraction of sp³-hybridized carbons (Fsp3) is 0.476. The number of halogens is 1. The molecule has 0 spiro atoms. The van der Waals surface area contributed by atoms with Crippen LogP contribution in [-0.2, 0) is 14.8 Å². The normalized spacial score (nSPS) is 15.6. The molecule has 1 fully saturated rings. The molecule has 1 amide bonds. The molecule has 0 atom stereocenters. The van der Waals surface area contributed by atoms with Gasteiger partial charge in [-0.1, -0.05) is 11.6 Å². The zero-order chi connectivity index (χ0) is 23.5. The van der Waals surface area contributed by atoms with Crippen LogP contribution in [0.25, 0.3) is 0 Å². The summed E-state index contributed by atoms with van der Waals surface area (Å²) < 4.78 is 33.0. The van der Waals surface area contributed by atoms with E-state index in [0.717, 1.165) is 0 Å². The first-order valence-corrected chi connectivity index (χ1v) is 12.1. The van der Waals surface area contributed by atoms with Crippen molar-refractivity contribution in [1.29, 1.82) is 0 Å². The van der Waals surface area contributed by atoms with Crippen LogP contribution >= 0.6 is 11.6 Å². The summed E-state index contributed by atoms with van der Waals surface area (Å²) in [6.07, 6.45) is 2.24. The second-order valence-electron chi connectivity index (χ2n) is 8.57. The van der Waals surface area contributed by atoms with Gasteiger partial charge in [-0.15, -0.1) is 0 Å². The van der Waals surface area contributed by atoms with Gasteiger partial charge in [0, 0.05) is 38.1 Å². The molecule has 1 aromatic carbocycles. The maximum atomic E-state index is 13.1.